The molecule has 0 radical (unpaired) electrons. The van der Waals surface area contributed by atoms with Gasteiger partial charge in [0, 0.05) is 12.6 Å². The quantitative estimate of drug-likeness (QED) is 0.923. The van der Waals surface area contributed by atoms with E-state index in [2.05, 4.69) is 0 Å². The Kier molecular flexibility index (Phi) is 4.06. The second-order valence-corrected chi connectivity index (χ2v) is 3.98. The van der Waals surface area contributed by atoms with Crippen molar-refractivity contribution in [2.75, 3.05) is 0 Å². The lowest BCUT2D eigenvalue weighted by atomic mass is 10.1. The minimum atomic E-state index is -0.781. The molecule has 0 aliphatic carbocycles. The maximum absolute atomic E-state index is 13.4. The van der Waals surface area contributed by atoms with Gasteiger partial charge in [0.15, 0.2) is 11.6 Å². The van der Waals surface area contributed by atoms with Crippen LogP contribution in [0.3, 0.4) is 0 Å². The minimum absolute atomic E-state index is 0.0371. The fourth-order valence-corrected chi connectivity index (χ4v) is 1.67. The van der Waals surface area contributed by atoms with Crippen molar-refractivity contribution in [3.05, 3.63) is 65.0 Å². The zero-order valence-electron chi connectivity index (χ0n) is 10.00. The summed E-state index contributed by atoms with van der Waals surface area (Å²) in [6, 6.07) is 7.16. The molecule has 0 bridgehead atoms. The van der Waals surface area contributed by atoms with Crippen molar-refractivity contribution >= 4 is 0 Å². The molecule has 0 aliphatic rings. The first-order valence-electron chi connectivity index (χ1n) is 5.65. The van der Waals surface area contributed by atoms with Crippen molar-refractivity contribution < 1.29 is 17.9 Å². The molecule has 0 spiro atoms. The Morgan fingerprint density at radius 3 is 2.26 bits per heavy atom. The molecule has 0 saturated carbocycles. The second-order valence-electron chi connectivity index (χ2n) is 3.98. The molecule has 2 rings (SSSR count). The van der Waals surface area contributed by atoms with Gasteiger partial charge in [0.1, 0.15) is 18.2 Å². The summed E-state index contributed by atoms with van der Waals surface area (Å²) < 4.78 is 44.3. The molecule has 2 aromatic carbocycles. The summed E-state index contributed by atoms with van der Waals surface area (Å²) in [5, 5.41) is 0. The number of halogens is 3. The van der Waals surface area contributed by atoms with Crippen molar-refractivity contribution in [2.45, 2.75) is 13.2 Å². The van der Waals surface area contributed by atoms with Gasteiger partial charge in [0.05, 0.1) is 0 Å². The van der Waals surface area contributed by atoms with E-state index in [1.165, 1.54) is 24.3 Å². The molecule has 0 heterocycles. The second kappa shape index (κ2) is 5.75. The first-order chi connectivity index (χ1) is 9.10. The van der Waals surface area contributed by atoms with E-state index in [4.69, 9.17) is 10.5 Å². The lowest BCUT2D eigenvalue weighted by Gasteiger charge is -2.10. The van der Waals surface area contributed by atoms with Gasteiger partial charge in [-0.05, 0) is 35.4 Å². The van der Waals surface area contributed by atoms with E-state index >= 15 is 0 Å². The third-order valence-corrected chi connectivity index (χ3v) is 2.67. The maximum atomic E-state index is 13.4. The molecule has 2 aromatic rings. The van der Waals surface area contributed by atoms with Crippen LogP contribution in [0.25, 0.3) is 0 Å². The first-order valence-corrected chi connectivity index (χ1v) is 5.65. The average Bonchev–Trinajstić information content (AvgIpc) is 2.39. The van der Waals surface area contributed by atoms with Crippen molar-refractivity contribution in [1.82, 2.24) is 0 Å². The van der Waals surface area contributed by atoms with Gasteiger partial charge in [0.2, 0.25) is 0 Å². The molecule has 0 amide bonds. The summed E-state index contributed by atoms with van der Waals surface area (Å²) in [4.78, 5) is 0. The van der Waals surface area contributed by atoms with Crippen LogP contribution in [0.4, 0.5) is 13.2 Å². The number of nitrogens with two attached hydrogens (primary N) is 1. The highest BCUT2D eigenvalue weighted by atomic mass is 19.1. The van der Waals surface area contributed by atoms with E-state index in [1.54, 1.807) is 0 Å². The highest BCUT2D eigenvalue weighted by Gasteiger charge is 2.07. The molecule has 0 atom stereocenters. The summed E-state index contributed by atoms with van der Waals surface area (Å²) in [5.41, 5.74) is 6.74. The molecule has 0 aromatic heterocycles. The van der Waals surface area contributed by atoms with E-state index < -0.39 is 17.5 Å². The van der Waals surface area contributed by atoms with E-state index in [-0.39, 0.29) is 18.9 Å². The Hall–Kier alpha value is -2.01. The van der Waals surface area contributed by atoms with Gasteiger partial charge in [-0.15, -0.1) is 0 Å². The summed E-state index contributed by atoms with van der Waals surface area (Å²) in [6.07, 6.45) is 0. The predicted molar refractivity (Wildman–Crippen MR) is 65.0 cm³/mol. The Balaban J connectivity index is 2.14. The predicted octanol–water partition coefficient (Wildman–Crippen LogP) is 3.14. The van der Waals surface area contributed by atoms with Crippen LogP contribution < -0.4 is 10.5 Å². The Morgan fingerprint density at radius 1 is 0.895 bits per heavy atom. The fraction of sp³-hybridized carbons (Fsp3) is 0.143. The third-order valence-electron chi connectivity index (χ3n) is 2.67. The van der Waals surface area contributed by atoms with Gasteiger partial charge in [0.25, 0.3) is 0 Å². The summed E-state index contributed by atoms with van der Waals surface area (Å²) in [7, 11) is 0. The molecular formula is C14H12F3NO. The van der Waals surface area contributed by atoms with Crippen molar-refractivity contribution in [3.63, 3.8) is 0 Å². The average molecular weight is 267 g/mol. The van der Waals surface area contributed by atoms with Crippen LogP contribution in [0.15, 0.2) is 36.4 Å². The number of ether oxygens (including phenoxy) is 1. The number of hydrogen-bond donors (Lipinski definition) is 1. The minimum Gasteiger partial charge on any atom is -0.486 e. The smallest absolute Gasteiger partial charge is 0.167 e. The third kappa shape index (κ3) is 3.26. The largest absolute Gasteiger partial charge is 0.486 e. The van der Waals surface area contributed by atoms with Crippen LogP contribution in [-0.2, 0) is 13.2 Å². The number of hydrogen-bond acceptors (Lipinski definition) is 2. The molecule has 100 valence electrons. The molecule has 5 heteroatoms. The number of rotatable bonds is 4. The summed E-state index contributed by atoms with van der Waals surface area (Å²) in [5.74, 6) is -1.91. The molecule has 0 saturated heterocycles. The lowest BCUT2D eigenvalue weighted by Crippen LogP contribution is -2.06. The van der Waals surface area contributed by atoms with Crippen LogP contribution in [-0.4, -0.2) is 0 Å². The molecular weight excluding hydrogens is 255 g/mol. The Labute approximate surface area is 108 Å². The molecule has 0 aliphatic heterocycles. The van der Waals surface area contributed by atoms with Crippen LogP contribution >= 0.6 is 0 Å². The molecule has 0 unspecified atom stereocenters. The van der Waals surface area contributed by atoms with Crippen molar-refractivity contribution in [3.8, 4) is 5.75 Å². The van der Waals surface area contributed by atoms with Crippen LogP contribution in [0.2, 0.25) is 0 Å². The van der Waals surface area contributed by atoms with Gasteiger partial charge in [-0.1, -0.05) is 6.07 Å². The summed E-state index contributed by atoms with van der Waals surface area (Å²) in [6.45, 7) is 0.192. The Morgan fingerprint density at radius 2 is 1.58 bits per heavy atom. The SMILES string of the molecule is NCc1cc(F)ccc1COc1ccc(F)cc1F. The van der Waals surface area contributed by atoms with Crippen LogP contribution in [0.1, 0.15) is 11.1 Å². The van der Waals surface area contributed by atoms with Crippen molar-refractivity contribution in [2.24, 2.45) is 5.73 Å². The van der Waals surface area contributed by atoms with Gasteiger partial charge < -0.3 is 10.5 Å². The van der Waals surface area contributed by atoms with Crippen LogP contribution in [0.5, 0.6) is 5.75 Å². The lowest BCUT2D eigenvalue weighted by molar-refractivity contribution is 0.288. The molecule has 0 fully saturated rings. The van der Waals surface area contributed by atoms with Crippen molar-refractivity contribution in [1.29, 1.82) is 0 Å². The van der Waals surface area contributed by atoms with E-state index in [1.807, 2.05) is 0 Å². The number of benzene rings is 2. The van der Waals surface area contributed by atoms with E-state index in [0.717, 1.165) is 12.1 Å². The fourth-order valence-electron chi connectivity index (χ4n) is 1.67. The van der Waals surface area contributed by atoms with E-state index in [0.29, 0.717) is 11.1 Å². The highest BCUT2D eigenvalue weighted by Crippen LogP contribution is 2.20. The van der Waals surface area contributed by atoms with Gasteiger partial charge in [-0.25, -0.2) is 13.2 Å². The molecule has 2 nitrogen and oxygen atoms in total. The highest BCUT2D eigenvalue weighted by molar-refractivity contribution is 5.29. The summed E-state index contributed by atoms with van der Waals surface area (Å²) >= 11 is 0. The molecule has 19 heavy (non-hydrogen) atoms. The first kappa shape index (κ1) is 13.4. The van der Waals surface area contributed by atoms with Gasteiger partial charge in [-0.3, -0.25) is 0 Å². The van der Waals surface area contributed by atoms with Gasteiger partial charge >= 0.3 is 0 Å². The maximum Gasteiger partial charge on any atom is 0.167 e. The molecule has 2 N–H and O–H groups in total. The van der Waals surface area contributed by atoms with Crippen LogP contribution in [0, 0.1) is 17.5 Å². The zero-order chi connectivity index (χ0) is 13.8. The van der Waals surface area contributed by atoms with Gasteiger partial charge in [-0.2, -0.15) is 0 Å². The monoisotopic (exact) mass is 267 g/mol. The Bertz CT molecular complexity index is 587. The van der Waals surface area contributed by atoms with E-state index in [9.17, 15) is 13.2 Å². The standard InChI is InChI=1S/C14H12F3NO/c15-11-2-1-9(10(5-11)7-18)8-19-14-4-3-12(16)6-13(14)17/h1-6H,7-8,18H2. The normalized spacial score (nSPS) is 10.5. The topological polar surface area (TPSA) is 35.2 Å². The zero-order valence-corrected chi connectivity index (χ0v) is 10.00.